The fraction of sp³-hybridized carbons (Fsp3) is 0. The minimum absolute atomic E-state index is 0.0813. The second-order valence-corrected chi connectivity index (χ2v) is 4.07. The number of aromatic nitrogens is 1. The van der Waals surface area contributed by atoms with E-state index in [4.69, 9.17) is 0 Å². The monoisotopic (exact) mass is 330 g/mol. The molecular formula is C12H6F4N4O3. The highest BCUT2D eigenvalue weighted by molar-refractivity contribution is 5.82. The maximum absolute atomic E-state index is 13.3. The first-order valence-corrected chi connectivity index (χ1v) is 5.77. The third-order valence-corrected chi connectivity index (χ3v) is 2.58. The maximum atomic E-state index is 13.3. The van der Waals surface area contributed by atoms with Gasteiger partial charge in [-0.05, 0) is 12.1 Å². The van der Waals surface area contributed by atoms with Gasteiger partial charge in [-0.25, -0.2) is 0 Å². The summed E-state index contributed by atoms with van der Waals surface area (Å²) in [5.41, 5.74) is -0.00393. The molecule has 1 aromatic heterocycles. The van der Waals surface area contributed by atoms with Crippen LogP contribution in [0.1, 0.15) is 5.56 Å². The normalized spacial score (nSPS) is 11.0. The molecule has 0 aliphatic heterocycles. The molecule has 0 unspecified atom stereocenters. The van der Waals surface area contributed by atoms with Gasteiger partial charge in [0.2, 0.25) is 11.6 Å². The minimum atomic E-state index is -1.86. The molecule has 0 spiro atoms. The molecule has 0 radical (unpaired) electrons. The van der Waals surface area contributed by atoms with Gasteiger partial charge in [-0.15, -0.1) is 0 Å². The number of phenolic OH excluding ortho intramolecular Hbond substituents is 1. The van der Waals surface area contributed by atoms with Gasteiger partial charge in [-0.1, -0.05) is 0 Å². The number of nitrogens with one attached hydrogen (secondary N) is 1. The Bertz CT molecular complexity index is 787. The number of hydrazone groups is 1. The molecule has 0 bridgehead atoms. The van der Waals surface area contributed by atoms with Crippen molar-refractivity contribution in [2.24, 2.45) is 5.10 Å². The summed E-state index contributed by atoms with van der Waals surface area (Å²) in [6.07, 6.45) is 0.890. The van der Waals surface area contributed by atoms with Gasteiger partial charge >= 0.3 is 5.69 Å². The minimum Gasteiger partial charge on any atom is -0.502 e. The average Bonchev–Trinajstić information content (AvgIpc) is 2.50. The SMILES string of the molecule is O=[N+]([O-])c1cc(/C=N\Nc2c(F)c(F)nc(F)c2F)ccc1O. The summed E-state index contributed by atoms with van der Waals surface area (Å²) in [4.78, 5) is 12.1. The first-order chi connectivity index (χ1) is 10.8. The van der Waals surface area contributed by atoms with Gasteiger partial charge in [0.25, 0.3) is 11.9 Å². The van der Waals surface area contributed by atoms with Crippen molar-refractivity contribution >= 4 is 17.6 Å². The number of hydrogen-bond acceptors (Lipinski definition) is 6. The van der Waals surface area contributed by atoms with Crippen molar-refractivity contribution in [1.82, 2.24) is 4.98 Å². The molecule has 0 aliphatic rings. The van der Waals surface area contributed by atoms with Crippen LogP contribution in [-0.4, -0.2) is 21.2 Å². The maximum Gasteiger partial charge on any atom is 0.311 e. The number of anilines is 1. The number of hydrogen-bond donors (Lipinski definition) is 2. The van der Waals surface area contributed by atoms with E-state index >= 15 is 0 Å². The number of benzene rings is 1. The van der Waals surface area contributed by atoms with Crippen LogP contribution in [0.4, 0.5) is 28.9 Å². The van der Waals surface area contributed by atoms with Crippen molar-refractivity contribution < 1.29 is 27.6 Å². The van der Waals surface area contributed by atoms with E-state index in [0.29, 0.717) is 0 Å². The van der Waals surface area contributed by atoms with Crippen LogP contribution >= 0.6 is 0 Å². The van der Waals surface area contributed by atoms with Crippen LogP contribution in [-0.2, 0) is 0 Å². The number of pyridine rings is 1. The van der Waals surface area contributed by atoms with E-state index in [9.17, 15) is 32.8 Å². The third kappa shape index (κ3) is 3.33. The summed E-state index contributed by atoms with van der Waals surface area (Å²) in [6.45, 7) is 0. The van der Waals surface area contributed by atoms with E-state index < -0.39 is 45.6 Å². The lowest BCUT2D eigenvalue weighted by atomic mass is 10.2. The third-order valence-electron chi connectivity index (χ3n) is 2.58. The predicted octanol–water partition coefficient (Wildman–Crippen LogP) is 2.70. The first-order valence-electron chi connectivity index (χ1n) is 5.77. The Hall–Kier alpha value is -3.24. The zero-order chi connectivity index (χ0) is 17.1. The summed E-state index contributed by atoms with van der Waals surface area (Å²) in [7, 11) is 0. The van der Waals surface area contributed by atoms with Gasteiger partial charge in [-0.3, -0.25) is 15.5 Å². The Morgan fingerprint density at radius 1 is 1.22 bits per heavy atom. The van der Waals surface area contributed by atoms with Gasteiger partial charge in [0.1, 0.15) is 5.69 Å². The zero-order valence-corrected chi connectivity index (χ0v) is 10.9. The Morgan fingerprint density at radius 3 is 2.39 bits per heavy atom. The molecule has 23 heavy (non-hydrogen) atoms. The smallest absolute Gasteiger partial charge is 0.311 e. The fourth-order valence-corrected chi connectivity index (χ4v) is 1.52. The average molecular weight is 330 g/mol. The molecule has 0 saturated heterocycles. The van der Waals surface area contributed by atoms with Crippen LogP contribution < -0.4 is 5.43 Å². The van der Waals surface area contributed by atoms with Crippen molar-refractivity contribution in [2.75, 3.05) is 5.43 Å². The molecule has 2 aromatic rings. The fourth-order valence-electron chi connectivity index (χ4n) is 1.52. The highest BCUT2D eigenvalue weighted by atomic mass is 19.2. The van der Waals surface area contributed by atoms with Gasteiger partial charge in [0.05, 0.1) is 11.1 Å². The molecule has 0 saturated carbocycles. The molecule has 0 amide bonds. The summed E-state index contributed by atoms with van der Waals surface area (Å²) >= 11 is 0. The molecule has 0 aliphatic carbocycles. The molecule has 2 N–H and O–H groups in total. The highest BCUT2D eigenvalue weighted by Gasteiger charge is 2.20. The highest BCUT2D eigenvalue weighted by Crippen LogP contribution is 2.26. The quantitative estimate of drug-likeness (QED) is 0.295. The van der Waals surface area contributed by atoms with Gasteiger partial charge in [-0.2, -0.15) is 27.6 Å². The number of nitro groups is 1. The molecular weight excluding hydrogens is 324 g/mol. The molecule has 1 aromatic carbocycles. The summed E-state index contributed by atoms with van der Waals surface area (Å²) < 4.78 is 52.3. The summed E-state index contributed by atoms with van der Waals surface area (Å²) in [6, 6.07) is 3.15. The molecule has 7 nitrogen and oxygen atoms in total. The largest absolute Gasteiger partial charge is 0.502 e. The lowest BCUT2D eigenvalue weighted by Gasteiger charge is -2.04. The topological polar surface area (TPSA) is 101 Å². The van der Waals surface area contributed by atoms with E-state index in [2.05, 4.69) is 10.1 Å². The van der Waals surface area contributed by atoms with E-state index in [1.165, 1.54) is 6.07 Å². The van der Waals surface area contributed by atoms with Crippen molar-refractivity contribution in [3.63, 3.8) is 0 Å². The lowest BCUT2D eigenvalue weighted by molar-refractivity contribution is -0.385. The van der Waals surface area contributed by atoms with Crippen molar-refractivity contribution in [3.05, 3.63) is 57.4 Å². The van der Waals surface area contributed by atoms with Gasteiger partial charge < -0.3 is 5.11 Å². The van der Waals surface area contributed by atoms with E-state index in [1.807, 2.05) is 0 Å². The van der Waals surface area contributed by atoms with E-state index in [0.717, 1.165) is 18.3 Å². The lowest BCUT2D eigenvalue weighted by Crippen LogP contribution is -2.05. The Labute approximate surface area is 125 Å². The van der Waals surface area contributed by atoms with Crippen LogP contribution in [0.5, 0.6) is 5.75 Å². The Morgan fingerprint density at radius 2 is 1.83 bits per heavy atom. The number of phenols is 1. The molecule has 0 atom stereocenters. The van der Waals surface area contributed by atoms with Crippen LogP contribution in [0.15, 0.2) is 23.3 Å². The number of halogens is 4. The standard InChI is InChI=1S/C12H6F4N4O3/c13-8-10(9(14)12(16)18-11(8)15)19-17-4-5-1-2-7(21)6(3-5)20(22)23/h1-4,21H,(H,18,19)/b17-4-. The Kier molecular flexibility index (Phi) is 4.39. The van der Waals surface area contributed by atoms with Crippen LogP contribution in [0, 0.1) is 33.6 Å². The number of rotatable bonds is 4. The van der Waals surface area contributed by atoms with Crippen molar-refractivity contribution in [1.29, 1.82) is 0 Å². The summed E-state index contributed by atoms with van der Waals surface area (Å²) in [5, 5.41) is 23.2. The number of nitro benzene ring substituents is 1. The van der Waals surface area contributed by atoms with Crippen molar-refractivity contribution in [2.45, 2.75) is 0 Å². The second kappa shape index (κ2) is 6.25. The molecule has 120 valence electrons. The number of nitrogens with zero attached hydrogens (tertiary/aromatic N) is 3. The molecule has 0 fully saturated rings. The van der Waals surface area contributed by atoms with Crippen LogP contribution in [0.25, 0.3) is 0 Å². The van der Waals surface area contributed by atoms with Crippen molar-refractivity contribution in [3.8, 4) is 5.75 Å². The molecule has 11 heteroatoms. The van der Waals surface area contributed by atoms with Crippen LogP contribution in [0.3, 0.4) is 0 Å². The van der Waals surface area contributed by atoms with E-state index in [1.54, 1.807) is 5.43 Å². The zero-order valence-electron chi connectivity index (χ0n) is 10.9. The van der Waals surface area contributed by atoms with E-state index in [-0.39, 0.29) is 5.56 Å². The van der Waals surface area contributed by atoms with Crippen LogP contribution in [0.2, 0.25) is 0 Å². The van der Waals surface area contributed by atoms with Gasteiger partial charge in [0.15, 0.2) is 5.75 Å². The molecule has 1 heterocycles. The first kappa shape index (κ1) is 16.1. The molecule has 2 rings (SSSR count). The number of aromatic hydroxyl groups is 1. The van der Waals surface area contributed by atoms with Gasteiger partial charge in [0, 0.05) is 11.6 Å². The Balaban J connectivity index is 2.27. The summed E-state index contributed by atoms with van der Waals surface area (Å²) in [5.74, 6) is -7.87. The second-order valence-electron chi connectivity index (χ2n) is 4.07. The predicted molar refractivity (Wildman–Crippen MR) is 70.0 cm³/mol.